The fraction of sp³-hybridized carbons (Fsp3) is 0.571. The van der Waals surface area contributed by atoms with Crippen LogP contribution in [0.15, 0.2) is 29.2 Å². The Bertz CT molecular complexity index is 599. The Hall–Kier alpha value is -0.620. The van der Waals surface area contributed by atoms with Gasteiger partial charge >= 0.3 is 0 Å². The zero-order chi connectivity index (χ0) is 14.2. The minimum Gasteiger partial charge on any atom is -0.311 e. The molecule has 1 saturated carbocycles. The first-order valence-corrected chi connectivity index (χ1v) is 8.88. The van der Waals surface area contributed by atoms with Crippen LogP contribution in [-0.2, 0) is 10.0 Å². The average molecular weight is 315 g/mol. The summed E-state index contributed by atoms with van der Waals surface area (Å²) in [5, 5.41) is 3.98. The van der Waals surface area contributed by atoms with Crippen molar-refractivity contribution in [1.82, 2.24) is 10.0 Å². The minimum atomic E-state index is -3.48. The molecule has 1 aliphatic heterocycles. The summed E-state index contributed by atoms with van der Waals surface area (Å²) in [6.45, 7) is 0.878. The second-order valence-corrected chi connectivity index (χ2v) is 7.98. The number of benzene rings is 1. The van der Waals surface area contributed by atoms with Gasteiger partial charge in [0.05, 0.1) is 4.90 Å². The minimum absolute atomic E-state index is 0.0144. The van der Waals surface area contributed by atoms with E-state index < -0.39 is 10.0 Å². The molecule has 1 aliphatic carbocycles. The first-order valence-electron chi connectivity index (χ1n) is 7.02. The van der Waals surface area contributed by atoms with Crippen LogP contribution >= 0.6 is 11.6 Å². The van der Waals surface area contributed by atoms with E-state index in [4.69, 9.17) is 11.6 Å². The highest BCUT2D eigenvalue weighted by atomic mass is 35.5. The molecule has 1 spiro atoms. The van der Waals surface area contributed by atoms with Crippen LogP contribution in [-0.4, -0.2) is 26.5 Å². The van der Waals surface area contributed by atoms with Gasteiger partial charge in [-0.2, -0.15) is 0 Å². The molecule has 0 amide bonds. The Morgan fingerprint density at radius 1 is 1.35 bits per heavy atom. The van der Waals surface area contributed by atoms with E-state index in [2.05, 4.69) is 10.0 Å². The zero-order valence-corrected chi connectivity index (χ0v) is 12.8. The molecule has 1 aromatic rings. The van der Waals surface area contributed by atoms with Crippen LogP contribution in [0.2, 0.25) is 5.02 Å². The van der Waals surface area contributed by atoms with E-state index in [9.17, 15) is 8.42 Å². The number of sulfonamides is 1. The molecule has 2 fully saturated rings. The first-order chi connectivity index (χ1) is 9.49. The molecule has 3 rings (SSSR count). The topological polar surface area (TPSA) is 58.2 Å². The summed E-state index contributed by atoms with van der Waals surface area (Å²) in [4.78, 5) is 0.242. The Morgan fingerprint density at radius 3 is 2.80 bits per heavy atom. The van der Waals surface area contributed by atoms with Gasteiger partial charge in [0.25, 0.3) is 0 Å². The Balaban J connectivity index is 1.73. The number of halogens is 1. The summed E-state index contributed by atoms with van der Waals surface area (Å²) < 4.78 is 27.6. The van der Waals surface area contributed by atoms with Crippen molar-refractivity contribution in [3.8, 4) is 0 Å². The molecule has 0 radical (unpaired) electrons. The molecule has 1 heterocycles. The van der Waals surface area contributed by atoms with Crippen molar-refractivity contribution in [1.29, 1.82) is 0 Å². The predicted molar refractivity (Wildman–Crippen MR) is 79.4 cm³/mol. The van der Waals surface area contributed by atoms with E-state index in [1.165, 1.54) is 12.5 Å². The van der Waals surface area contributed by atoms with E-state index in [0.29, 0.717) is 5.02 Å². The molecule has 110 valence electrons. The van der Waals surface area contributed by atoms with E-state index in [1.54, 1.807) is 18.2 Å². The zero-order valence-electron chi connectivity index (χ0n) is 11.2. The molecule has 1 atom stereocenters. The summed E-state index contributed by atoms with van der Waals surface area (Å²) in [5.74, 6) is 0. The standard InChI is InChI=1S/C14H19ClN2O2S/c15-11-3-1-4-13(9-11)20(18,19)17-12-5-8-16-14(10-12)6-2-7-14/h1,3-4,9,12,16-17H,2,5-8,10H2. The Kier molecular flexibility index (Phi) is 3.79. The molecule has 1 unspecified atom stereocenters. The molecule has 2 N–H and O–H groups in total. The van der Waals surface area contributed by atoms with Gasteiger partial charge in [-0.3, -0.25) is 0 Å². The number of piperidine rings is 1. The van der Waals surface area contributed by atoms with Gasteiger partial charge in [0.2, 0.25) is 10.0 Å². The maximum Gasteiger partial charge on any atom is 0.240 e. The first kappa shape index (κ1) is 14.3. The molecule has 2 aliphatic rings. The number of nitrogens with one attached hydrogen (secondary N) is 2. The molecule has 4 nitrogen and oxygen atoms in total. The summed E-state index contributed by atoms with van der Waals surface area (Å²) in [7, 11) is -3.48. The van der Waals surface area contributed by atoms with Crippen LogP contribution in [0.5, 0.6) is 0 Å². The summed E-state index contributed by atoms with van der Waals surface area (Å²) in [6.07, 6.45) is 5.26. The molecule has 1 saturated heterocycles. The van der Waals surface area contributed by atoms with Gasteiger partial charge < -0.3 is 5.32 Å². The van der Waals surface area contributed by atoms with Crippen LogP contribution < -0.4 is 10.0 Å². The highest BCUT2D eigenvalue weighted by molar-refractivity contribution is 7.89. The van der Waals surface area contributed by atoms with Crippen molar-refractivity contribution in [3.63, 3.8) is 0 Å². The third-order valence-corrected chi connectivity index (χ3v) is 6.12. The van der Waals surface area contributed by atoms with Crippen LogP contribution in [0.4, 0.5) is 0 Å². The monoisotopic (exact) mass is 314 g/mol. The lowest BCUT2D eigenvalue weighted by atomic mass is 9.70. The van der Waals surface area contributed by atoms with Crippen molar-refractivity contribution in [2.24, 2.45) is 0 Å². The van der Waals surface area contributed by atoms with Crippen LogP contribution in [0.1, 0.15) is 32.1 Å². The number of hydrogen-bond donors (Lipinski definition) is 2. The molecule has 20 heavy (non-hydrogen) atoms. The second kappa shape index (κ2) is 5.30. The lowest BCUT2D eigenvalue weighted by Crippen LogP contribution is -2.59. The smallest absolute Gasteiger partial charge is 0.240 e. The maximum absolute atomic E-state index is 12.4. The van der Waals surface area contributed by atoms with Gasteiger partial charge in [0, 0.05) is 16.6 Å². The van der Waals surface area contributed by atoms with E-state index in [0.717, 1.165) is 32.2 Å². The Morgan fingerprint density at radius 2 is 2.15 bits per heavy atom. The van der Waals surface area contributed by atoms with Gasteiger partial charge in [-0.15, -0.1) is 0 Å². The largest absolute Gasteiger partial charge is 0.311 e. The highest BCUT2D eigenvalue weighted by Gasteiger charge is 2.41. The van der Waals surface area contributed by atoms with E-state index in [-0.39, 0.29) is 16.5 Å². The molecule has 0 aromatic heterocycles. The normalized spacial score (nSPS) is 25.4. The van der Waals surface area contributed by atoms with E-state index in [1.807, 2.05) is 0 Å². The molecule has 0 bridgehead atoms. The molecule has 1 aromatic carbocycles. The van der Waals surface area contributed by atoms with Gasteiger partial charge in [0.15, 0.2) is 0 Å². The van der Waals surface area contributed by atoms with Crippen LogP contribution in [0.3, 0.4) is 0 Å². The van der Waals surface area contributed by atoms with Gasteiger partial charge in [-0.05, 0) is 56.8 Å². The van der Waals surface area contributed by atoms with Crippen molar-refractivity contribution in [2.75, 3.05) is 6.54 Å². The van der Waals surface area contributed by atoms with Gasteiger partial charge in [-0.1, -0.05) is 17.7 Å². The molecular formula is C14H19ClN2O2S. The molecular weight excluding hydrogens is 296 g/mol. The maximum atomic E-state index is 12.4. The predicted octanol–water partition coefficient (Wildman–Crippen LogP) is 2.29. The number of rotatable bonds is 3. The van der Waals surface area contributed by atoms with E-state index >= 15 is 0 Å². The third kappa shape index (κ3) is 2.86. The SMILES string of the molecule is O=S(=O)(NC1CCNC2(CCC2)C1)c1cccc(Cl)c1. The molecule has 6 heteroatoms. The van der Waals surface area contributed by atoms with Crippen LogP contribution in [0.25, 0.3) is 0 Å². The summed E-state index contributed by atoms with van der Waals surface area (Å²) in [5.41, 5.74) is 0.180. The quantitative estimate of drug-likeness (QED) is 0.900. The summed E-state index contributed by atoms with van der Waals surface area (Å²) >= 11 is 5.87. The van der Waals surface area contributed by atoms with Gasteiger partial charge in [-0.25, -0.2) is 13.1 Å². The fourth-order valence-electron chi connectivity index (χ4n) is 3.16. The second-order valence-electron chi connectivity index (χ2n) is 5.83. The lowest BCUT2D eigenvalue weighted by Gasteiger charge is -2.48. The van der Waals surface area contributed by atoms with Crippen molar-refractivity contribution in [2.45, 2.75) is 48.6 Å². The summed E-state index contributed by atoms with van der Waals surface area (Å²) in [6, 6.07) is 6.42. The van der Waals surface area contributed by atoms with Crippen molar-refractivity contribution in [3.05, 3.63) is 29.3 Å². The van der Waals surface area contributed by atoms with Crippen molar-refractivity contribution >= 4 is 21.6 Å². The van der Waals surface area contributed by atoms with Crippen molar-refractivity contribution < 1.29 is 8.42 Å². The Labute approximate surface area is 125 Å². The third-order valence-electron chi connectivity index (χ3n) is 4.37. The van der Waals surface area contributed by atoms with Crippen LogP contribution in [0, 0.1) is 0 Å². The number of hydrogen-bond acceptors (Lipinski definition) is 3. The fourth-order valence-corrected chi connectivity index (χ4v) is 4.74. The average Bonchev–Trinajstić information content (AvgIpc) is 2.37. The highest BCUT2D eigenvalue weighted by Crippen LogP contribution is 2.38. The van der Waals surface area contributed by atoms with Gasteiger partial charge in [0.1, 0.15) is 0 Å². The lowest BCUT2D eigenvalue weighted by molar-refractivity contribution is 0.126.